The molecule has 1 unspecified atom stereocenters. The van der Waals surface area contributed by atoms with Gasteiger partial charge in [0, 0.05) is 32.2 Å². The molecule has 1 atom stereocenters. The lowest BCUT2D eigenvalue weighted by Gasteiger charge is -2.33. The number of aromatic nitrogens is 1. The standard InChI is InChI=1S/C11H19N5/c1-16-5-4-13-7-10(16)8-14-9-2-3-11(12)15-6-9/h2-3,6,10,13-14H,4-5,7-8H2,1H3,(H2,12,15). The summed E-state index contributed by atoms with van der Waals surface area (Å²) in [4.78, 5) is 6.42. The van der Waals surface area contributed by atoms with Crippen LogP contribution in [-0.2, 0) is 0 Å². The van der Waals surface area contributed by atoms with Crippen LogP contribution in [0.4, 0.5) is 11.5 Å². The molecular formula is C11H19N5. The van der Waals surface area contributed by atoms with Crippen molar-refractivity contribution in [2.24, 2.45) is 0 Å². The van der Waals surface area contributed by atoms with E-state index in [2.05, 4.69) is 27.6 Å². The molecular weight excluding hydrogens is 202 g/mol. The molecule has 1 aliphatic rings. The number of rotatable bonds is 3. The second kappa shape index (κ2) is 5.14. The van der Waals surface area contributed by atoms with Crippen LogP contribution in [0.3, 0.4) is 0 Å². The quantitative estimate of drug-likeness (QED) is 0.669. The van der Waals surface area contributed by atoms with Gasteiger partial charge in [0.25, 0.3) is 0 Å². The fourth-order valence-corrected chi connectivity index (χ4v) is 1.84. The monoisotopic (exact) mass is 221 g/mol. The summed E-state index contributed by atoms with van der Waals surface area (Å²) in [5, 5.41) is 6.77. The van der Waals surface area contributed by atoms with E-state index in [0.29, 0.717) is 11.9 Å². The molecule has 0 aromatic carbocycles. The zero-order valence-electron chi connectivity index (χ0n) is 9.61. The van der Waals surface area contributed by atoms with Gasteiger partial charge in [-0.1, -0.05) is 0 Å². The van der Waals surface area contributed by atoms with E-state index in [9.17, 15) is 0 Å². The molecule has 0 saturated carbocycles. The average Bonchev–Trinajstić information content (AvgIpc) is 2.30. The van der Waals surface area contributed by atoms with Gasteiger partial charge < -0.3 is 16.4 Å². The first-order chi connectivity index (χ1) is 7.75. The van der Waals surface area contributed by atoms with Gasteiger partial charge in [-0.05, 0) is 19.2 Å². The molecule has 0 spiro atoms. The fraction of sp³-hybridized carbons (Fsp3) is 0.545. The Labute approximate surface area is 96.0 Å². The van der Waals surface area contributed by atoms with Crippen LogP contribution >= 0.6 is 0 Å². The number of nitrogens with zero attached hydrogens (tertiary/aromatic N) is 2. The molecule has 0 radical (unpaired) electrons. The van der Waals surface area contributed by atoms with Gasteiger partial charge in [-0.15, -0.1) is 0 Å². The highest BCUT2D eigenvalue weighted by Crippen LogP contribution is 2.08. The van der Waals surface area contributed by atoms with Crippen LogP contribution in [0.1, 0.15) is 0 Å². The lowest BCUT2D eigenvalue weighted by Crippen LogP contribution is -2.52. The normalized spacial score (nSPS) is 21.9. The van der Waals surface area contributed by atoms with Gasteiger partial charge >= 0.3 is 0 Å². The number of hydrogen-bond acceptors (Lipinski definition) is 5. The second-order valence-electron chi connectivity index (χ2n) is 4.19. The van der Waals surface area contributed by atoms with E-state index in [1.807, 2.05) is 12.1 Å². The number of pyridine rings is 1. The lowest BCUT2D eigenvalue weighted by molar-refractivity contribution is 0.209. The molecule has 0 bridgehead atoms. The maximum absolute atomic E-state index is 5.53. The number of piperazine rings is 1. The zero-order valence-corrected chi connectivity index (χ0v) is 9.61. The number of likely N-dealkylation sites (N-methyl/N-ethyl adjacent to an activating group) is 1. The third-order valence-electron chi connectivity index (χ3n) is 2.97. The fourth-order valence-electron chi connectivity index (χ4n) is 1.84. The van der Waals surface area contributed by atoms with E-state index in [0.717, 1.165) is 31.9 Å². The predicted molar refractivity (Wildman–Crippen MR) is 66.4 cm³/mol. The maximum atomic E-state index is 5.53. The molecule has 1 aliphatic heterocycles. The van der Waals surface area contributed by atoms with E-state index in [1.54, 1.807) is 6.20 Å². The highest BCUT2D eigenvalue weighted by atomic mass is 15.2. The van der Waals surface area contributed by atoms with Crippen LogP contribution in [-0.4, -0.2) is 49.2 Å². The van der Waals surface area contributed by atoms with Crippen LogP contribution in [0.25, 0.3) is 0 Å². The van der Waals surface area contributed by atoms with Crippen molar-refractivity contribution >= 4 is 11.5 Å². The average molecular weight is 221 g/mol. The number of anilines is 2. The Kier molecular flexibility index (Phi) is 3.58. The Hall–Kier alpha value is -1.33. The van der Waals surface area contributed by atoms with Crippen molar-refractivity contribution in [3.8, 4) is 0 Å². The Morgan fingerprint density at radius 2 is 2.50 bits per heavy atom. The second-order valence-corrected chi connectivity index (χ2v) is 4.19. The van der Waals surface area contributed by atoms with E-state index in [-0.39, 0.29) is 0 Å². The first-order valence-corrected chi connectivity index (χ1v) is 5.62. The Morgan fingerprint density at radius 3 is 3.19 bits per heavy atom. The van der Waals surface area contributed by atoms with Gasteiger partial charge in [0.1, 0.15) is 5.82 Å². The molecule has 1 fully saturated rings. The molecule has 0 amide bonds. The summed E-state index contributed by atoms with van der Waals surface area (Å²) < 4.78 is 0. The van der Waals surface area contributed by atoms with Crippen molar-refractivity contribution in [2.45, 2.75) is 6.04 Å². The lowest BCUT2D eigenvalue weighted by atomic mass is 10.2. The molecule has 5 heteroatoms. The summed E-state index contributed by atoms with van der Waals surface area (Å²) in [7, 11) is 2.16. The van der Waals surface area contributed by atoms with Crippen LogP contribution in [0.5, 0.6) is 0 Å². The molecule has 2 rings (SSSR count). The minimum atomic E-state index is 0.534. The smallest absolute Gasteiger partial charge is 0.123 e. The molecule has 2 heterocycles. The van der Waals surface area contributed by atoms with Crippen molar-refractivity contribution < 1.29 is 0 Å². The molecule has 88 valence electrons. The van der Waals surface area contributed by atoms with Gasteiger partial charge in [-0.3, -0.25) is 4.90 Å². The van der Waals surface area contributed by atoms with Gasteiger partial charge in [0.2, 0.25) is 0 Å². The Morgan fingerprint density at radius 1 is 1.62 bits per heavy atom. The predicted octanol–water partition coefficient (Wildman–Crippen LogP) is -0.0207. The van der Waals surface area contributed by atoms with Gasteiger partial charge in [0.15, 0.2) is 0 Å². The highest BCUT2D eigenvalue weighted by molar-refractivity contribution is 5.45. The van der Waals surface area contributed by atoms with Crippen LogP contribution in [0, 0.1) is 0 Å². The van der Waals surface area contributed by atoms with Crippen molar-refractivity contribution in [1.29, 1.82) is 0 Å². The van der Waals surface area contributed by atoms with Gasteiger partial charge in [0.05, 0.1) is 11.9 Å². The molecule has 1 saturated heterocycles. The molecule has 1 aromatic heterocycles. The summed E-state index contributed by atoms with van der Waals surface area (Å²) in [6.45, 7) is 4.14. The minimum Gasteiger partial charge on any atom is -0.384 e. The molecule has 1 aromatic rings. The maximum Gasteiger partial charge on any atom is 0.123 e. The van der Waals surface area contributed by atoms with E-state index < -0.39 is 0 Å². The van der Waals surface area contributed by atoms with Crippen molar-refractivity contribution in [1.82, 2.24) is 15.2 Å². The third-order valence-corrected chi connectivity index (χ3v) is 2.97. The van der Waals surface area contributed by atoms with Crippen molar-refractivity contribution in [3.05, 3.63) is 18.3 Å². The Bertz CT molecular complexity index is 324. The van der Waals surface area contributed by atoms with Crippen molar-refractivity contribution in [3.63, 3.8) is 0 Å². The largest absolute Gasteiger partial charge is 0.384 e. The summed E-state index contributed by atoms with van der Waals surface area (Å²) in [6, 6.07) is 4.30. The summed E-state index contributed by atoms with van der Waals surface area (Å²) in [6.07, 6.45) is 1.77. The van der Waals surface area contributed by atoms with E-state index in [1.165, 1.54) is 0 Å². The zero-order chi connectivity index (χ0) is 11.4. The van der Waals surface area contributed by atoms with Crippen molar-refractivity contribution in [2.75, 3.05) is 44.3 Å². The number of nitrogens with two attached hydrogens (primary N) is 1. The molecule has 0 aliphatic carbocycles. The van der Waals surface area contributed by atoms with Gasteiger partial charge in [-0.25, -0.2) is 4.98 Å². The first-order valence-electron chi connectivity index (χ1n) is 5.62. The van der Waals surface area contributed by atoms with Gasteiger partial charge in [-0.2, -0.15) is 0 Å². The number of nitrogens with one attached hydrogen (secondary N) is 2. The summed E-state index contributed by atoms with van der Waals surface area (Å²) in [5.74, 6) is 0.557. The Balaban J connectivity index is 1.84. The summed E-state index contributed by atoms with van der Waals surface area (Å²) >= 11 is 0. The summed E-state index contributed by atoms with van der Waals surface area (Å²) in [5.41, 5.74) is 6.55. The van der Waals surface area contributed by atoms with E-state index in [4.69, 9.17) is 5.73 Å². The first kappa shape index (κ1) is 11.2. The highest BCUT2D eigenvalue weighted by Gasteiger charge is 2.17. The van der Waals surface area contributed by atoms with Crippen LogP contribution < -0.4 is 16.4 Å². The molecule has 5 nitrogen and oxygen atoms in total. The van der Waals surface area contributed by atoms with Crippen LogP contribution in [0.15, 0.2) is 18.3 Å². The molecule has 4 N–H and O–H groups in total. The number of hydrogen-bond donors (Lipinski definition) is 3. The topological polar surface area (TPSA) is 66.2 Å². The number of nitrogen functional groups attached to an aromatic ring is 1. The molecule has 16 heavy (non-hydrogen) atoms. The minimum absolute atomic E-state index is 0.534. The third kappa shape index (κ3) is 2.84. The SMILES string of the molecule is CN1CCNCC1CNc1ccc(N)nc1. The van der Waals surface area contributed by atoms with E-state index >= 15 is 0 Å². The van der Waals surface area contributed by atoms with Crippen LogP contribution in [0.2, 0.25) is 0 Å².